The Morgan fingerprint density at radius 3 is 2.93 bits per heavy atom. The maximum absolute atomic E-state index is 11.5. The van der Waals surface area contributed by atoms with E-state index in [0.717, 1.165) is 6.54 Å². The molecule has 2 atom stereocenters. The van der Waals surface area contributed by atoms with Crippen LogP contribution < -0.4 is 11.3 Å². The fraction of sp³-hybridized carbons (Fsp3) is 0.909. The second kappa shape index (κ2) is 6.08. The zero-order valence-corrected chi connectivity index (χ0v) is 9.83. The van der Waals surface area contributed by atoms with Crippen LogP contribution in [0.4, 0.5) is 0 Å². The molecule has 1 saturated heterocycles. The molecule has 3 N–H and O–H groups in total. The van der Waals surface area contributed by atoms with Crippen molar-refractivity contribution >= 4 is 5.91 Å². The fourth-order valence-corrected chi connectivity index (χ4v) is 2.45. The SMILES string of the molecule is CCCC1CCCCN1C(C)C(=O)NN. The van der Waals surface area contributed by atoms with Crippen LogP contribution in [0, 0.1) is 0 Å². The van der Waals surface area contributed by atoms with Gasteiger partial charge >= 0.3 is 0 Å². The highest BCUT2D eigenvalue weighted by atomic mass is 16.2. The number of likely N-dealkylation sites (tertiary alicyclic amines) is 1. The summed E-state index contributed by atoms with van der Waals surface area (Å²) in [6.07, 6.45) is 6.07. The molecule has 88 valence electrons. The van der Waals surface area contributed by atoms with Gasteiger partial charge in [0.2, 0.25) is 0 Å². The van der Waals surface area contributed by atoms with Crippen LogP contribution in [0.1, 0.15) is 46.0 Å². The zero-order valence-electron chi connectivity index (χ0n) is 9.83. The van der Waals surface area contributed by atoms with Crippen molar-refractivity contribution in [3.63, 3.8) is 0 Å². The van der Waals surface area contributed by atoms with E-state index in [9.17, 15) is 4.79 Å². The van der Waals surface area contributed by atoms with Crippen LogP contribution in [-0.4, -0.2) is 29.4 Å². The Morgan fingerprint density at radius 2 is 2.33 bits per heavy atom. The largest absolute Gasteiger partial charge is 0.293 e. The minimum Gasteiger partial charge on any atom is -0.293 e. The smallest absolute Gasteiger partial charge is 0.250 e. The fourth-order valence-electron chi connectivity index (χ4n) is 2.45. The molecule has 1 aliphatic rings. The van der Waals surface area contributed by atoms with Crippen molar-refractivity contribution in [1.29, 1.82) is 0 Å². The van der Waals surface area contributed by atoms with Crippen LogP contribution >= 0.6 is 0 Å². The average molecular weight is 213 g/mol. The molecule has 0 aromatic carbocycles. The molecule has 1 aliphatic heterocycles. The molecule has 0 saturated carbocycles. The predicted octanol–water partition coefficient (Wildman–Crippen LogP) is 1.02. The molecule has 0 bridgehead atoms. The molecular formula is C11H23N3O. The van der Waals surface area contributed by atoms with Crippen LogP contribution in [0.2, 0.25) is 0 Å². The maximum atomic E-state index is 11.5. The van der Waals surface area contributed by atoms with Crippen molar-refractivity contribution < 1.29 is 4.79 Å². The van der Waals surface area contributed by atoms with Gasteiger partial charge in [-0.05, 0) is 32.7 Å². The highest BCUT2D eigenvalue weighted by Gasteiger charge is 2.29. The average Bonchev–Trinajstić information content (AvgIpc) is 2.28. The summed E-state index contributed by atoms with van der Waals surface area (Å²) < 4.78 is 0. The van der Waals surface area contributed by atoms with Gasteiger partial charge in [-0.15, -0.1) is 0 Å². The highest BCUT2D eigenvalue weighted by Crippen LogP contribution is 2.22. The summed E-state index contributed by atoms with van der Waals surface area (Å²) >= 11 is 0. The number of carbonyl (C=O) groups is 1. The normalized spacial score (nSPS) is 24.9. The summed E-state index contributed by atoms with van der Waals surface area (Å²) in [5.74, 6) is 5.10. The number of hydrogen-bond acceptors (Lipinski definition) is 3. The molecule has 1 heterocycles. The third-order valence-corrected chi connectivity index (χ3v) is 3.31. The quantitative estimate of drug-likeness (QED) is 0.416. The first kappa shape index (κ1) is 12.5. The van der Waals surface area contributed by atoms with Crippen molar-refractivity contribution in [3.05, 3.63) is 0 Å². The molecule has 1 rings (SSSR count). The summed E-state index contributed by atoms with van der Waals surface area (Å²) in [4.78, 5) is 13.8. The van der Waals surface area contributed by atoms with Gasteiger partial charge in [-0.2, -0.15) is 0 Å². The second-order valence-electron chi connectivity index (χ2n) is 4.36. The van der Waals surface area contributed by atoms with Gasteiger partial charge in [0.25, 0.3) is 5.91 Å². The first-order valence-electron chi connectivity index (χ1n) is 5.97. The molecule has 0 aromatic rings. The van der Waals surface area contributed by atoms with Crippen LogP contribution in [0.15, 0.2) is 0 Å². The minimum absolute atomic E-state index is 0.0713. The lowest BCUT2D eigenvalue weighted by Gasteiger charge is -2.38. The monoisotopic (exact) mass is 213 g/mol. The van der Waals surface area contributed by atoms with E-state index in [-0.39, 0.29) is 11.9 Å². The van der Waals surface area contributed by atoms with Gasteiger partial charge in [-0.25, -0.2) is 5.84 Å². The van der Waals surface area contributed by atoms with Crippen molar-refractivity contribution in [2.75, 3.05) is 6.54 Å². The standard InChI is InChI=1S/C11H23N3O/c1-3-6-10-7-4-5-8-14(10)9(2)11(15)13-12/h9-10H,3-8,12H2,1-2H3,(H,13,15). The first-order valence-corrected chi connectivity index (χ1v) is 5.97. The molecule has 0 spiro atoms. The summed E-state index contributed by atoms with van der Waals surface area (Å²) in [6, 6.07) is 0.475. The number of nitrogens with two attached hydrogens (primary N) is 1. The summed E-state index contributed by atoms with van der Waals surface area (Å²) in [5.41, 5.74) is 2.24. The molecule has 0 aromatic heterocycles. The number of hydrazine groups is 1. The number of carbonyl (C=O) groups excluding carboxylic acids is 1. The van der Waals surface area contributed by atoms with E-state index in [1.807, 2.05) is 6.92 Å². The van der Waals surface area contributed by atoms with E-state index in [2.05, 4.69) is 17.2 Å². The van der Waals surface area contributed by atoms with E-state index in [1.165, 1.54) is 32.1 Å². The van der Waals surface area contributed by atoms with Gasteiger partial charge in [0.15, 0.2) is 0 Å². The van der Waals surface area contributed by atoms with Gasteiger partial charge in [-0.3, -0.25) is 15.1 Å². The van der Waals surface area contributed by atoms with Crippen molar-refractivity contribution in [1.82, 2.24) is 10.3 Å². The van der Waals surface area contributed by atoms with Gasteiger partial charge in [0.1, 0.15) is 0 Å². The lowest BCUT2D eigenvalue weighted by Crippen LogP contribution is -2.52. The number of amides is 1. The zero-order chi connectivity index (χ0) is 11.3. The van der Waals surface area contributed by atoms with Gasteiger partial charge in [0.05, 0.1) is 6.04 Å². The number of nitrogens with one attached hydrogen (secondary N) is 1. The summed E-state index contributed by atoms with van der Waals surface area (Å²) in [5, 5.41) is 0. The number of nitrogens with zero attached hydrogens (tertiary/aromatic N) is 1. The topological polar surface area (TPSA) is 58.4 Å². The summed E-state index contributed by atoms with van der Waals surface area (Å²) in [6.45, 7) is 5.16. The number of piperidine rings is 1. The Kier molecular flexibility index (Phi) is 5.05. The van der Waals surface area contributed by atoms with E-state index in [1.54, 1.807) is 0 Å². The second-order valence-corrected chi connectivity index (χ2v) is 4.36. The van der Waals surface area contributed by atoms with E-state index < -0.39 is 0 Å². The summed E-state index contributed by atoms with van der Waals surface area (Å²) in [7, 11) is 0. The van der Waals surface area contributed by atoms with Crippen molar-refractivity contribution in [2.45, 2.75) is 58.0 Å². The van der Waals surface area contributed by atoms with Crippen LogP contribution in [0.5, 0.6) is 0 Å². The number of hydrogen-bond donors (Lipinski definition) is 2. The van der Waals surface area contributed by atoms with Gasteiger partial charge < -0.3 is 0 Å². The molecule has 4 nitrogen and oxygen atoms in total. The van der Waals surface area contributed by atoms with Crippen molar-refractivity contribution in [2.24, 2.45) is 5.84 Å². The molecule has 0 radical (unpaired) electrons. The van der Waals surface area contributed by atoms with Gasteiger partial charge in [-0.1, -0.05) is 19.8 Å². The van der Waals surface area contributed by atoms with Crippen LogP contribution in [0.25, 0.3) is 0 Å². The van der Waals surface area contributed by atoms with Gasteiger partial charge in [0, 0.05) is 6.04 Å². The first-order chi connectivity index (χ1) is 7.20. The molecule has 1 fully saturated rings. The molecule has 15 heavy (non-hydrogen) atoms. The molecular weight excluding hydrogens is 190 g/mol. The Morgan fingerprint density at radius 1 is 1.60 bits per heavy atom. The van der Waals surface area contributed by atoms with Crippen molar-refractivity contribution in [3.8, 4) is 0 Å². The third-order valence-electron chi connectivity index (χ3n) is 3.31. The maximum Gasteiger partial charge on any atom is 0.250 e. The van der Waals surface area contributed by atoms with Crippen LogP contribution in [0.3, 0.4) is 0 Å². The lowest BCUT2D eigenvalue weighted by atomic mass is 9.96. The highest BCUT2D eigenvalue weighted by molar-refractivity contribution is 5.80. The Balaban J connectivity index is 2.58. The molecule has 0 aliphatic carbocycles. The molecule has 4 heteroatoms. The van der Waals surface area contributed by atoms with E-state index >= 15 is 0 Å². The third kappa shape index (κ3) is 3.18. The molecule has 2 unspecified atom stereocenters. The minimum atomic E-state index is -0.0909. The van der Waals surface area contributed by atoms with Crippen LogP contribution in [-0.2, 0) is 4.79 Å². The Bertz CT molecular complexity index is 206. The number of rotatable bonds is 4. The van der Waals surface area contributed by atoms with E-state index in [0.29, 0.717) is 6.04 Å². The predicted molar refractivity (Wildman–Crippen MR) is 61.0 cm³/mol. The lowest BCUT2D eigenvalue weighted by molar-refractivity contribution is -0.127. The Labute approximate surface area is 92.2 Å². The Hall–Kier alpha value is -0.610. The van der Waals surface area contributed by atoms with E-state index in [4.69, 9.17) is 5.84 Å². The molecule has 1 amide bonds.